The third kappa shape index (κ3) is 4.76. The van der Waals surface area contributed by atoms with Gasteiger partial charge in [0, 0.05) is 0 Å². The number of aliphatic hydroxyl groups excluding tert-OH is 2. The van der Waals surface area contributed by atoms with Crippen molar-refractivity contribution in [3.05, 3.63) is 0 Å². The SMILES string of the molecule is O=C1C(O)CCCCCCCCC[C@H]1O. The van der Waals surface area contributed by atoms with Crippen molar-refractivity contribution < 1.29 is 15.0 Å². The highest BCUT2D eigenvalue weighted by atomic mass is 16.3. The lowest BCUT2D eigenvalue weighted by Gasteiger charge is -2.15. The van der Waals surface area contributed by atoms with Crippen molar-refractivity contribution in [1.29, 1.82) is 0 Å². The van der Waals surface area contributed by atoms with Crippen LogP contribution >= 0.6 is 0 Å². The maximum Gasteiger partial charge on any atom is 0.189 e. The molecular formula is C12H22O3. The average molecular weight is 214 g/mol. The normalized spacial score (nSPS) is 31.7. The number of hydrogen-bond acceptors (Lipinski definition) is 3. The van der Waals surface area contributed by atoms with E-state index in [-0.39, 0.29) is 5.78 Å². The lowest BCUT2D eigenvalue weighted by Crippen LogP contribution is -2.32. The Labute approximate surface area is 91.5 Å². The van der Waals surface area contributed by atoms with Gasteiger partial charge in [-0.05, 0) is 12.8 Å². The molecule has 0 spiro atoms. The molecule has 0 heterocycles. The molecule has 1 rings (SSSR count). The maximum absolute atomic E-state index is 11.5. The number of hydrogen-bond donors (Lipinski definition) is 2. The fourth-order valence-electron chi connectivity index (χ4n) is 2.07. The number of ketones is 1. The number of carbonyl (C=O) groups is 1. The standard InChI is InChI=1S/C12H22O3/c13-10-8-6-4-2-1-3-5-7-9-11(14)12(10)15/h10-11,13-14H,1-9H2/t10-,11?/m1/s1. The van der Waals surface area contributed by atoms with Gasteiger partial charge in [-0.25, -0.2) is 0 Å². The largest absolute Gasteiger partial charge is 0.385 e. The fourth-order valence-corrected chi connectivity index (χ4v) is 2.07. The first-order valence-electron chi connectivity index (χ1n) is 6.11. The van der Waals surface area contributed by atoms with Crippen LogP contribution in [0.15, 0.2) is 0 Å². The Kier molecular flexibility index (Phi) is 5.88. The van der Waals surface area contributed by atoms with Crippen molar-refractivity contribution in [2.24, 2.45) is 0 Å². The molecule has 0 aromatic rings. The summed E-state index contributed by atoms with van der Waals surface area (Å²) in [5.41, 5.74) is 0. The van der Waals surface area contributed by atoms with Crippen LogP contribution in [0.5, 0.6) is 0 Å². The van der Waals surface area contributed by atoms with Gasteiger partial charge in [-0.15, -0.1) is 0 Å². The van der Waals surface area contributed by atoms with Crippen LogP contribution < -0.4 is 0 Å². The molecule has 0 aliphatic heterocycles. The molecule has 1 aliphatic rings. The van der Waals surface area contributed by atoms with Gasteiger partial charge in [0.15, 0.2) is 5.78 Å². The first kappa shape index (κ1) is 12.7. The number of aliphatic hydroxyl groups is 2. The van der Waals surface area contributed by atoms with Crippen molar-refractivity contribution in [2.75, 3.05) is 0 Å². The second-order valence-electron chi connectivity index (χ2n) is 4.49. The van der Waals surface area contributed by atoms with Gasteiger partial charge >= 0.3 is 0 Å². The first-order valence-corrected chi connectivity index (χ1v) is 6.11. The van der Waals surface area contributed by atoms with Crippen molar-refractivity contribution in [2.45, 2.75) is 70.0 Å². The molecule has 0 saturated heterocycles. The van der Waals surface area contributed by atoms with Crippen LogP contribution in [0, 0.1) is 0 Å². The van der Waals surface area contributed by atoms with Gasteiger partial charge in [-0.1, -0.05) is 44.9 Å². The molecule has 0 radical (unpaired) electrons. The highest BCUT2D eigenvalue weighted by Gasteiger charge is 2.22. The Hall–Kier alpha value is -0.410. The summed E-state index contributed by atoms with van der Waals surface area (Å²) in [6, 6.07) is 0. The lowest BCUT2D eigenvalue weighted by molar-refractivity contribution is -0.136. The molecule has 1 unspecified atom stereocenters. The van der Waals surface area contributed by atoms with Crippen LogP contribution in [0.4, 0.5) is 0 Å². The average Bonchev–Trinajstić information content (AvgIpc) is 2.23. The molecule has 88 valence electrons. The molecule has 0 bridgehead atoms. The number of carbonyl (C=O) groups excluding carboxylic acids is 1. The minimum Gasteiger partial charge on any atom is -0.385 e. The summed E-state index contributed by atoms with van der Waals surface area (Å²) in [5, 5.41) is 19.0. The summed E-state index contributed by atoms with van der Waals surface area (Å²) < 4.78 is 0. The zero-order chi connectivity index (χ0) is 11.1. The topological polar surface area (TPSA) is 57.5 Å². The van der Waals surface area contributed by atoms with E-state index in [9.17, 15) is 15.0 Å². The Morgan fingerprint density at radius 3 is 1.47 bits per heavy atom. The molecule has 0 aromatic carbocycles. The summed E-state index contributed by atoms with van der Waals surface area (Å²) in [7, 11) is 0. The third-order valence-corrected chi connectivity index (χ3v) is 3.11. The molecule has 15 heavy (non-hydrogen) atoms. The highest BCUT2D eigenvalue weighted by Crippen LogP contribution is 2.15. The van der Waals surface area contributed by atoms with Crippen LogP contribution in [-0.2, 0) is 4.79 Å². The lowest BCUT2D eigenvalue weighted by atomic mass is 9.97. The van der Waals surface area contributed by atoms with E-state index in [1.165, 1.54) is 19.3 Å². The zero-order valence-electron chi connectivity index (χ0n) is 9.32. The van der Waals surface area contributed by atoms with Gasteiger partial charge < -0.3 is 10.2 Å². The van der Waals surface area contributed by atoms with Crippen LogP contribution in [0.3, 0.4) is 0 Å². The van der Waals surface area contributed by atoms with Gasteiger partial charge in [0.2, 0.25) is 0 Å². The molecule has 0 aromatic heterocycles. The zero-order valence-corrected chi connectivity index (χ0v) is 9.32. The smallest absolute Gasteiger partial charge is 0.189 e. The van der Waals surface area contributed by atoms with E-state index in [1.54, 1.807) is 0 Å². The summed E-state index contributed by atoms with van der Waals surface area (Å²) in [5.74, 6) is -0.379. The van der Waals surface area contributed by atoms with Gasteiger partial charge in [0.25, 0.3) is 0 Å². The van der Waals surface area contributed by atoms with Gasteiger partial charge in [-0.2, -0.15) is 0 Å². The summed E-state index contributed by atoms with van der Waals surface area (Å²) in [4.78, 5) is 11.5. The van der Waals surface area contributed by atoms with E-state index in [0.29, 0.717) is 12.8 Å². The molecule has 3 nitrogen and oxygen atoms in total. The molecule has 2 N–H and O–H groups in total. The summed E-state index contributed by atoms with van der Waals surface area (Å²) in [6.07, 6.45) is 6.71. The Morgan fingerprint density at radius 2 is 1.07 bits per heavy atom. The third-order valence-electron chi connectivity index (χ3n) is 3.11. The van der Waals surface area contributed by atoms with Crippen molar-refractivity contribution in [3.63, 3.8) is 0 Å². The van der Waals surface area contributed by atoms with Crippen molar-refractivity contribution in [1.82, 2.24) is 0 Å². The minimum absolute atomic E-state index is 0.379. The first-order chi connectivity index (χ1) is 7.22. The molecule has 1 aliphatic carbocycles. The van der Waals surface area contributed by atoms with E-state index in [0.717, 1.165) is 25.7 Å². The van der Waals surface area contributed by atoms with Gasteiger partial charge in [0.1, 0.15) is 12.2 Å². The Morgan fingerprint density at radius 1 is 0.733 bits per heavy atom. The molecular weight excluding hydrogens is 192 g/mol. The Balaban J connectivity index is 2.40. The predicted octanol–water partition coefficient (Wildman–Crippen LogP) is 1.80. The Bertz CT molecular complexity index is 173. The van der Waals surface area contributed by atoms with Crippen molar-refractivity contribution >= 4 is 5.78 Å². The highest BCUT2D eigenvalue weighted by molar-refractivity contribution is 5.86. The number of Topliss-reactive ketones (excluding diaryl/α,β-unsaturated/α-hetero) is 1. The quantitative estimate of drug-likeness (QED) is 0.646. The van der Waals surface area contributed by atoms with Crippen LogP contribution in [0.1, 0.15) is 57.8 Å². The second-order valence-corrected chi connectivity index (χ2v) is 4.49. The van der Waals surface area contributed by atoms with E-state index in [4.69, 9.17) is 0 Å². The fraction of sp³-hybridized carbons (Fsp3) is 0.917. The van der Waals surface area contributed by atoms with Crippen LogP contribution in [0.25, 0.3) is 0 Å². The van der Waals surface area contributed by atoms with Gasteiger partial charge in [0.05, 0.1) is 0 Å². The predicted molar refractivity (Wildman–Crippen MR) is 58.6 cm³/mol. The summed E-state index contributed by atoms with van der Waals surface area (Å²) >= 11 is 0. The number of rotatable bonds is 0. The molecule has 0 amide bonds. The minimum atomic E-state index is -0.945. The molecule has 3 heteroatoms. The van der Waals surface area contributed by atoms with E-state index >= 15 is 0 Å². The van der Waals surface area contributed by atoms with E-state index in [2.05, 4.69) is 0 Å². The van der Waals surface area contributed by atoms with E-state index < -0.39 is 12.2 Å². The van der Waals surface area contributed by atoms with Crippen LogP contribution in [-0.4, -0.2) is 28.2 Å². The van der Waals surface area contributed by atoms with E-state index in [1.807, 2.05) is 0 Å². The second kappa shape index (κ2) is 6.96. The van der Waals surface area contributed by atoms with Crippen LogP contribution in [0.2, 0.25) is 0 Å². The van der Waals surface area contributed by atoms with Gasteiger partial charge in [-0.3, -0.25) is 4.79 Å². The maximum atomic E-state index is 11.5. The molecule has 1 saturated carbocycles. The summed E-state index contributed by atoms with van der Waals surface area (Å²) in [6.45, 7) is 0. The van der Waals surface area contributed by atoms with Crippen molar-refractivity contribution in [3.8, 4) is 0 Å². The monoisotopic (exact) mass is 214 g/mol. The molecule has 1 fully saturated rings. The molecule has 2 atom stereocenters.